The first-order valence-corrected chi connectivity index (χ1v) is 6.06. The molecule has 1 aromatic carbocycles. The van der Waals surface area contributed by atoms with E-state index in [1.165, 1.54) is 6.07 Å². The highest BCUT2D eigenvalue weighted by atomic mass is 16.5. The monoisotopic (exact) mass is 274 g/mol. The third kappa shape index (κ3) is 3.44. The maximum absolute atomic E-state index is 11.8. The predicted octanol–water partition coefficient (Wildman–Crippen LogP) is 1.54. The zero-order valence-corrected chi connectivity index (χ0v) is 10.9. The van der Waals surface area contributed by atoms with Gasteiger partial charge in [0.25, 0.3) is 0 Å². The van der Waals surface area contributed by atoms with E-state index < -0.39 is 5.97 Å². The van der Waals surface area contributed by atoms with Crippen molar-refractivity contribution in [2.75, 3.05) is 0 Å². The van der Waals surface area contributed by atoms with Crippen LogP contribution in [-0.4, -0.2) is 22.1 Å². The molecule has 0 atom stereocenters. The molecule has 104 valence electrons. The van der Waals surface area contributed by atoms with E-state index in [2.05, 4.69) is 10.5 Å². The van der Waals surface area contributed by atoms with Crippen LogP contribution in [0, 0.1) is 6.92 Å². The third-order valence-electron chi connectivity index (χ3n) is 2.74. The Bertz CT molecular complexity index is 634. The molecule has 0 spiro atoms. The van der Waals surface area contributed by atoms with Crippen LogP contribution in [0.3, 0.4) is 0 Å². The minimum Gasteiger partial charge on any atom is -0.478 e. The van der Waals surface area contributed by atoms with Gasteiger partial charge in [0, 0.05) is 6.07 Å². The van der Waals surface area contributed by atoms with Gasteiger partial charge in [-0.15, -0.1) is 0 Å². The molecule has 0 saturated heterocycles. The maximum Gasteiger partial charge on any atom is 0.335 e. The summed E-state index contributed by atoms with van der Waals surface area (Å²) < 4.78 is 4.89. The molecule has 0 radical (unpaired) electrons. The molecule has 1 heterocycles. The fraction of sp³-hybridized carbons (Fsp3) is 0.214. The maximum atomic E-state index is 11.8. The lowest BCUT2D eigenvalue weighted by atomic mass is 10.0. The van der Waals surface area contributed by atoms with Gasteiger partial charge in [0.15, 0.2) is 0 Å². The summed E-state index contributed by atoms with van der Waals surface area (Å²) in [6.07, 6.45) is 0.0132. The summed E-state index contributed by atoms with van der Waals surface area (Å²) in [4.78, 5) is 22.8. The Hall–Kier alpha value is -2.63. The molecule has 2 aromatic rings. The van der Waals surface area contributed by atoms with Crippen LogP contribution < -0.4 is 5.32 Å². The molecule has 1 aromatic heterocycles. The number of nitrogens with zero attached hydrogens (tertiary/aromatic N) is 1. The predicted molar refractivity (Wildman–Crippen MR) is 70.2 cm³/mol. The molecule has 2 rings (SSSR count). The number of carbonyl (C=O) groups is 2. The van der Waals surface area contributed by atoms with E-state index in [4.69, 9.17) is 9.63 Å². The fourth-order valence-electron chi connectivity index (χ4n) is 1.81. The van der Waals surface area contributed by atoms with Gasteiger partial charge >= 0.3 is 5.97 Å². The Labute approximate surface area is 115 Å². The number of amides is 1. The summed E-state index contributed by atoms with van der Waals surface area (Å²) in [6, 6.07) is 8.17. The highest BCUT2D eigenvalue weighted by Gasteiger charge is 2.12. The number of nitrogens with one attached hydrogen (secondary N) is 1. The first kappa shape index (κ1) is 13.8. The quantitative estimate of drug-likeness (QED) is 0.862. The van der Waals surface area contributed by atoms with Gasteiger partial charge in [-0.2, -0.15) is 0 Å². The summed E-state index contributed by atoms with van der Waals surface area (Å²) in [5.74, 6) is -0.634. The number of rotatable bonds is 5. The Balaban J connectivity index is 1.96. The lowest BCUT2D eigenvalue weighted by molar-refractivity contribution is -0.120. The smallest absolute Gasteiger partial charge is 0.335 e. The van der Waals surface area contributed by atoms with Crippen LogP contribution in [0.1, 0.15) is 27.4 Å². The molecule has 0 fully saturated rings. The van der Waals surface area contributed by atoms with Crippen LogP contribution in [-0.2, 0) is 17.8 Å². The number of aryl methyl sites for hydroxylation is 1. The van der Waals surface area contributed by atoms with E-state index in [9.17, 15) is 9.59 Å². The summed E-state index contributed by atoms with van der Waals surface area (Å²) >= 11 is 0. The van der Waals surface area contributed by atoms with Crippen molar-refractivity contribution >= 4 is 11.9 Å². The number of carbonyl (C=O) groups excluding carboxylic acids is 1. The highest BCUT2D eigenvalue weighted by molar-refractivity contribution is 5.91. The van der Waals surface area contributed by atoms with E-state index in [-0.39, 0.29) is 24.4 Å². The van der Waals surface area contributed by atoms with Crippen LogP contribution in [0.4, 0.5) is 0 Å². The molecule has 0 saturated carbocycles. The Morgan fingerprint density at radius 3 is 2.75 bits per heavy atom. The molecule has 2 N–H and O–H groups in total. The molecule has 0 aliphatic heterocycles. The Morgan fingerprint density at radius 1 is 1.35 bits per heavy atom. The van der Waals surface area contributed by atoms with Gasteiger partial charge < -0.3 is 14.9 Å². The Kier molecular flexibility index (Phi) is 4.14. The van der Waals surface area contributed by atoms with E-state index in [0.717, 1.165) is 0 Å². The van der Waals surface area contributed by atoms with Crippen LogP contribution in [0.15, 0.2) is 34.9 Å². The first-order chi connectivity index (χ1) is 9.56. The summed E-state index contributed by atoms with van der Waals surface area (Å²) in [7, 11) is 0. The van der Waals surface area contributed by atoms with Crippen molar-refractivity contribution in [3.8, 4) is 0 Å². The van der Waals surface area contributed by atoms with Gasteiger partial charge in [-0.25, -0.2) is 4.79 Å². The molecule has 1 amide bonds. The van der Waals surface area contributed by atoms with Gasteiger partial charge in [-0.05, 0) is 18.6 Å². The second-order valence-corrected chi connectivity index (χ2v) is 4.34. The topological polar surface area (TPSA) is 92.4 Å². The van der Waals surface area contributed by atoms with Gasteiger partial charge in [-0.3, -0.25) is 4.79 Å². The standard InChI is InChI=1S/C14H14N2O4/c1-9-6-11(16-20-9)8-15-13(17)7-10-4-2-3-5-12(10)14(18)19/h2-6H,7-8H2,1H3,(H,15,17)(H,18,19). The first-order valence-electron chi connectivity index (χ1n) is 6.06. The van der Waals surface area contributed by atoms with E-state index in [1.54, 1.807) is 31.2 Å². The lowest BCUT2D eigenvalue weighted by Gasteiger charge is -2.06. The fourth-order valence-corrected chi connectivity index (χ4v) is 1.81. The summed E-state index contributed by atoms with van der Waals surface area (Å²) in [5, 5.41) is 15.5. The highest BCUT2D eigenvalue weighted by Crippen LogP contribution is 2.09. The third-order valence-corrected chi connectivity index (χ3v) is 2.74. The molecule has 0 unspecified atom stereocenters. The normalized spacial score (nSPS) is 10.2. The van der Waals surface area contributed by atoms with Gasteiger partial charge in [0.05, 0.1) is 18.5 Å². The molecule has 0 aliphatic rings. The van der Waals surface area contributed by atoms with Crippen LogP contribution in [0.2, 0.25) is 0 Å². The number of benzene rings is 1. The number of hydrogen-bond acceptors (Lipinski definition) is 4. The molecule has 0 aliphatic carbocycles. The van der Waals surface area contributed by atoms with E-state index >= 15 is 0 Å². The van der Waals surface area contributed by atoms with Crippen molar-refractivity contribution in [2.24, 2.45) is 0 Å². The minimum atomic E-state index is -1.04. The van der Waals surface area contributed by atoms with Crippen LogP contribution in [0.25, 0.3) is 0 Å². The molecule has 6 heteroatoms. The molecule has 0 bridgehead atoms. The number of hydrogen-bond donors (Lipinski definition) is 2. The van der Waals surface area contributed by atoms with Crippen molar-refractivity contribution in [1.82, 2.24) is 10.5 Å². The Morgan fingerprint density at radius 2 is 2.10 bits per heavy atom. The van der Waals surface area contributed by atoms with Gasteiger partial charge in [0.1, 0.15) is 11.5 Å². The lowest BCUT2D eigenvalue weighted by Crippen LogP contribution is -2.25. The largest absolute Gasteiger partial charge is 0.478 e. The second kappa shape index (κ2) is 6.01. The zero-order valence-electron chi connectivity index (χ0n) is 10.9. The molecule has 20 heavy (non-hydrogen) atoms. The molecule has 6 nitrogen and oxygen atoms in total. The van der Waals surface area contributed by atoms with E-state index in [0.29, 0.717) is 17.0 Å². The van der Waals surface area contributed by atoms with Gasteiger partial charge in [0.2, 0.25) is 5.91 Å². The van der Waals surface area contributed by atoms with Crippen LogP contribution >= 0.6 is 0 Å². The number of aromatic carboxylic acids is 1. The van der Waals surface area contributed by atoms with Gasteiger partial charge in [-0.1, -0.05) is 23.4 Å². The van der Waals surface area contributed by atoms with Crippen molar-refractivity contribution < 1.29 is 19.2 Å². The molecular weight excluding hydrogens is 260 g/mol. The van der Waals surface area contributed by atoms with Crippen molar-refractivity contribution in [2.45, 2.75) is 19.9 Å². The summed E-state index contributed by atoms with van der Waals surface area (Å²) in [6.45, 7) is 2.02. The van der Waals surface area contributed by atoms with Crippen molar-refractivity contribution in [1.29, 1.82) is 0 Å². The second-order valence-electron chi connectivity index (χ2n) is 4.34. The average molecular weight is 274 g/mol. The zero-order chi connectivity index (χ0) is 14.5. The average Bonchev–Trinajstić information content (AvgIpc) is 2.83. The summed E-state index contributed by atoms with van der Waals surface area (Å²) in [5.41, 5.74) is 1.25. The number of carboxylic acid groups (broad SMARTS) is 1. The number of carboxylic acids is 1. The van der Waals surface area contributed by atoms with Crippen molar-refractivity contribution in [3.05, 3.63) is 52.9 Å². The number of aromatic nitrogens is 1. The van der Waals surface area contributed by atoms with E-state index in [1.807, 2.05) is 0 Å². The molecular formula is C14H14N2O4. The van der Waals surface area contributed by atoms with Crippen LogP contribution in [0.5, 0.6) is 0 Å². The SMILES string of the molecule is Cc1cc(CNC(=O)Cc2ccccc2C(=O)O)no1. The minimum absolute atomic E-state index is 0.0132. The van der Waals surface area contributed by atoms with Crippen molar-refractivity contribution in [3.63, 3.8) is 0 Å².